The molecule has 0 atom stereocenters. The summed E-state index contributed by atoms with van der Waals surface area (Å²) in [5.41, 5.74) is 0.792. The predicted molar refractivity (Wildman–Crippen MR) is 27.9 cm³/mol. The molecule has 0 aromatic carbocycles. The van der Waals surface area contributed by atoms with Gasteiger partial charge in [0.05, 0.1) is 6.07 Å². The van der Waals surface area contributed by atoms with Crippen molar-refractivity contribution in [1.82, 2.24) is 4.98 Å². The number of aromatic nitrogens is 1. The molecular weight excluding hydrogens is 122 g/mol. The molecule has 0 aliphatic heterocycles. The van der Waals surface area contributed by atoms with Crippen molar-refractivity contribution in [3.8, 4) is 5.95 Å². The van der Waals surface area contributed by atoms with Crippen LogP contribution < -0.4 is 0 Å². The molecule has 1 N–H and O–H groups in total. The fraction of sp³-hybridized carbons (Fsp3) is 0. The number of furan rings is 1. The van der Waals surface area contributed by atoms with Gasteiger partial charge in [-0.1, -0.05) is 0 Å². The van der Waals surface area contributed by atoms with E-state index in [4.69, 9.17) is 9.52 Å². The molecule has 9 heavy (non-hydrogen) atoms. The van der Waals surface area contributed by atoms with Gasteiger partial charge in [0.25, 0.3) is 11.7 Å². The number of aromatic hydroxyl groups is 1. The third-order valence-corrected chi connectivity index (χ3v) is 1.02. The lowest BCUT2D eigenvalue weighted by molar-refractivity contribution is 0.344. The average Bonchev–Trinajstić information content (AvgIpc) is 2.22. The van der Waals surface area contributed by atoms with Gasteiger partial charge in [0, 0.05) is 0 Å². The molecule has 0 spiro atoms. The van der Waals surface area contributed by atoms with E-state index >= 15 is 0 Å². The summed E-state index contributed by atoms with van der Waals surface area (Å²) in [4.78, 5) is 3.65. The van der Waals surface area contributed by atoms with Crippen LogP contribution in [-0.2, 0) is 0 Å². The molecule has 0 amide bonds. The maximum absolute atomic E-state index is 8.68. The summed E-state index contributed by atoms with van der Waals surface area (Å²) in [5.74, 6) is -0.170. The quantitative estimate of drug-likeness (QED) is 0.573. The summed E-state index contributed by atoms with van der Waals surface area (Å²) in [6.45, 7) is 0. The Kier molecular flexibility index (Phi) is 0.631. The van der Waals surface area contributed by atoms with Gasteiger partial charge in [-0.15, -0.1) is 0 Å². The Balaban J connectivity index is 2.92. The van der Waals surface area contributed by atoms with Crippen LogP contribution in [0.15, 0.2) is 21.3 Å². The maximum atomic E-state index is 8.68. The molecule has 0 bridgehead atoms. The topological polar surface area (TPSA) is 59.4 Å². The fourth-order valence-electron chi connectivity index (χ4n) is 0.658. The second-order valence-electron chi connectivity index (χ2n) is 1.61. The first-order valence-electron chi connectivity index (χ1n) is 2.38. The molecule has 2 aromatic rings. The Labute approximate surface area is 49.7 Å². The minimum Gasteiger partial charge on any atom is -0.481 e. The van der Waals surface area contributed by atoms with Crippen molar-refractivity contribution in [3.05, 3.63) is 12.5 Å². The van der Waals surface area contributed by atoms with E-state index in [0.29, 0.717) is 11.3 Å². The van der Waals surface area contributed by atoms with Gasteiger partial charge >= 0.3 is 0 Å². The Morgan fingerprint density at radius 3 is 3.22 bits per heavy atom. The molecule has 4 nitrogen and oxygen atoms in total. The third-order valence-electron chi connectivity index (χ3n) is 1.02. The highest BCUT2D eigenvalue weighted by atomic mass is 16.5. The van der Waals surface area contributed by atoms with Gasteiger partial charge < -0.3 is 13.9 Å². The van der Waals surface area contributed by atoms with Crippen molar-refractivity contribution < 1.29 is 13.9 Å². The number of oxazole rings is 1. The van der Waals surface area contributed by atoms with Crippen molar-refractivity contribution in [2.45, 2.75) is 0 Å². The van der Waals surface area contributed by atoms with Crippen molar-refractivity contribution in [3.63, 3.8) is 0 Å². The van der Waals surface area contributed by atoms with Crippen LogP contribution in [0.1, 0.15) is 0 Å². The van der Waals surface area contributed by atoms with Crippen LogP contribution in [0.3, 0.4) is 0 Å². The largest absolute Gasteiger partial charge is 0.481 e. The smallest absolute Gasteiger partial charge is 0.287 e. The SMILES string of the molecule is Oc1cc2ocnc2o1. The minimum atomic E-state index is -0.170. The van der Waals surface area contributed by atoms with Gasteiger partial charge in [0.15, 0.2) is 12.0 Å². The molecule has 2 aromatic heterocycles. The fourth-order valence-corrected chi connectivity index (χ4v) is 0.658. The average molecular weight is 125 g/mol. The molecule has 0 radical (unpaired) electrons. The summed E-state index contributed by atoms with van der Waals surface area (Å²) < 4.78 is 9.43. The van der Waals surface area contributed by atoms with Gasteiger partial charge in [-0.2, -0.15) is 4.98 Å². The highest BCUT2D eigenvalue weighted by Crippen LogP contribution is 2.21. The van der Waals surface area contributed by atoms with Crippen molar-refractivity contribution in [2.24, 2.45) is 0 Å². The van der Waals surface area contributed by atoms with Gasteiger partial charge in [-0.05, 0) is 0 Å². The van der Waals surface area contributed by atoms with Crippen LogP contribution in [0.25, 0.3) is 11.3 Å². The highest BCUT2D eigenvalue weighted by Gasteiger charge is 2.03. The lowest BCUT2D eigenvalue weighted by Crippen LogP contribution is -1.51. The van der Waals surface area contributed by atoms with Gasteiger partial charge in [-0.3, -0.25) is 0 Å². The molecule has 2 heterocycles. The normalized spacial score (nSPS) is 10.7. The summed E-state index contributed by atoms with van der Waals surface area (Å²) in [6.07, 6.45) is 1.26. The first kappa shape index (κ1) is 4.43. The molecule has 2 rings (SSSR count). The maximum Gasteiger partial charge on any atom is 0.287 e. The van der Waals surface area contributed by atoms with E-state index in [1.807, 2.05) is 0 Å². The second kappa shape index (κ2) is 1.28. The van der Waals surface area contributed by atoms with Gasteiger partial charge in [-0.25, -0.2) is 0 Å². The molecule has 0 fully saturated rings. The number of rotatable bonds is 0. The van der Waals surface area contributed by atoms with Crippen LogP contribution in [0.2, 0.25) is 0 Å². The van der Waals surface area contributed by atoms with Crippen LogP contribution in [-0.4, -0.2) is 10.1 Å². The van der Waals surface area contributed by atoms with Gasteiger partial charge in [0.2, 0.25) is 0 Å². The molecule has 0 aliphatic carbocycles. The summed E-state index contributed by atoms with van der Waals surface area (Å²) in [6, 6.07) is 1.36. The summed E-state index contributed by atoms with van der Waals surface area (Å²) >= 11 is 0. The third kappa shape index (κ3) is 0.495. The summed E-state index contributed by atoms with van der Waals surface area (Å²) in [7, 11) is 0. The Morgan fingerprint density at radius 1 is 1.56 bits per heavy atom. The van der Waals surface area contributed by atoms with E-state index in [2.05, 4.69) is 9.40 Å². The Bertz CT molecular complexity index is 293. The van der Waals surface area contributed by atoms with Crippen LogP contribution >= 0.6 is 0 Å². The Hall–Kier alpha value is -1.45. The zero-order chi connectivity index (χ0) is 6.27. The van der Waals surface area contributed by atoms with E-state index in [1.54, 1.807) is 0 Å². The van der Waals surface area contributed by atoms with Crippen LogP contribution in [0, 0.1) is 0 Å². The first-order valence-corrected chi connectivity index (χ1v) is 2.38. The van der Waals surface area contributed by atoms with Crippen LogP contribution in [0.4, 0.5) is 0 Å². The van der Waals surface area contributed by atoms with E-state index in [9.17, 15) is 0 Å². The molecule has 0 aliphatic rings. The Morgan fingerprint density at radius 2 is 2.44 bits per heavy atom. The zero-order valence-electron chi connectivity index (χ0n) is 4.37. The van der Waals surface area contributed by atoms with Crippen molar-refractivity contribution >= 4 is 11.3 Å². The number of nitrogens with zero attached hydrogens (tertiary/aromatic N) is 1. The highest BCUT2D eigenvalue weighted by molar-refractivity contribution is 5.66. The zero-order valence-corrected chi connectivity index (χ0v) is 4.37. The van der Waals surface area contributed by atoms with E-state index in [-0.39, 0.29) is 5.95 Å². The van der Waals surface area contributed by atoms with Crippen molar-refractivity contribution in [2.75, 3.05) is 0 Å². The van der Waals surface area contributed by atoms with Crippen LogP contribution in [0.5, 0.6) is 5.95 Å². The number of fused-ring (bicyclic) bond motifs is 1. The molecule has 46 valence electrons. The first-order chi connectivity index (χ1) is 4.36. The summed E-state index contributed by atoms with van der Waals surface area (Å²) in [5, 5.41) is 8.68. The second-order valence-corrected chi connectivity index (χ2v) is 1.61. The number of hydrogen-bond acceptors (Lipinski definition) is 4. The lowest BCUT2D eigenvalue weighted by Gasteiger charge is -1.71. The van der Waals surface area contributed by atoms with Gasteiger partial charge in [0.1, 0.15) is 0 Å². The molecule has 0 saturated carbocycles. The predicted octanol–water partition coefficient (Wildman–Crippen LogP) is 1.13. The van der Waals surface area contributed by atoms with E-state index < -0.39 is 0 Å². The van der Waals surface area contributed by atoms with E-state index in [0.717, 1.165) is 0 Å². The molecule has 4 heteroatoms. The molecule has 0 saturated heterocycles. The monoisotopic (exact) mass is 125 g/mol. The molecule has 0 unspecified atom stereocenters. The molecular formula is C5H3NO3. The van der Waals surface area contributed by atoms with E-state index in [1.165, 1.54) is 12.5 Å². The lowest BCUT2D eigenvalue weighted by atomic mass is 10.6. The number of hydrogen-bond donors (Lipinski definition) is 1. The van der Waals surface area contributed by atoms with Crippen molar-refractivity contribution in [1.29, 1.82) is 0 Å². The minimum absolute atomic E-state index is 0.170. The standard InChI is InChI=1S/C5H3NO3/c7-4-1-3-5(9-4)6-2-8-3/h1-2,7H.